The van der Waals surface area contributed by atoms with Crippen LogP contribution in [0.2, 0.25) is 5.02 Å². The van der Waals surface area contributed by atoms with Crippen molar-refractivity contribution in [2.24, 2.45) is 0 Å². The molecule has 0 amide bonds. The number of benzene rings is 2. The molecule has 0 unspecified atom stereocenters. The molecule has 0 heterocycles. The average molecular weight is 281 g/mol. The Hall–Kier alpha value is -1.74. The Bertz CT molecular complexity index is 639. The minimum Gasteiger partial charge on any atom is -0.507 e. The molecule has 2 rings (SSSR count). The van der Waals surface area contributed by atoms with Crippen molar-refractivity contribution in [1.82, 2.24) is 0 Å². The number of halogens is 2. The van der Waals surface area contributed by atoms with Gasteiger partial charge in [0.1, 0.15) is 17.3 Å². The van der Waals surface area contributed by atoms with Crippen molar-refractivity contribution in [1.29, 1.82) is 0 Å². The van der Waals surface area contributed by atoms with Gasteiger partial charge < -0.3 is 9.84 Å². The van der Waals surface area contributed by atoms with Crippen LogP contribution in [0.4, 0.5) is 4.39 Å². The Kier molecular flexibility index (Phi) is 3.67. The monoisotopic (exact) mass is 280 g/mol. The molecular weight excluding hydrogens is 267 g/mol. The Morgan fingerprint density at radius 3 is 2.47 bits per heavy atom. The van der Waals surface area contributed by atoms with Crippen LogP contribution in [0.15, 0.2) is 24.3 Å². The molecule has 0 fully saturated rings. The van der Waals surface area contributed by atoms with Crippen molar-refractivity contribution in [2.45, 2.75) is 13.8 Å². The van der Waals surface area contributed by atoms with Gasteiger partial charge in [-0.3, -0.25) is 0 Å². The summed E-state index contributed by atoms with van der Waals surface area (Å²) in [5, 5.41) is 9.86. The Morgan fingerprint density at radius 2 is 1.84 bits per heavy atom. The summed E-state index contributed by atoms with van der Waals surface area (Å²) in [4.78, 5) is 0. The van der Waals surface area contributed by atoms with E-state index in [1.807, 2.05) is 26.0 Å². The first kappa shape index (κ1) is 13.7. The summed E-state index contributed by atoms with van der Waals surface area (Å²) in [6, 6.07) is 6.15. The summed E-state index contributed by atoms with van der Waals surface area (Å²) in [7, 11) is 1.56. The second-order valence-corrected chi connectivity index (χ2v) is 4.78. The number of ether oxygens (including phenoxy) is 1. The van der Waals surface area contributed by atoms with Gasteiger partial charge in [0, 0.05) is 17.2 Å². The molecule has 4 heteroatoms. The number of rotatable bonds is 2. The molecule has 0 saturated heterocycles. The van der Waals surface area contributed by atoms with Crippen LogP contribution in [0.25, 0.3) is 11.1 Å². The quantitative estimate of drug-likeness (QED) is 0.879. The van der Waals surface area contributed by atoms with Gasteiger partial charge in [0.2, 0.25) is 0 Å². The van der Waals surface area contributed by atoms with E-state index in [-0.39, 0.29) is 10.8 Å². The Morgan fingerprint density at radius 1 is 1.16 bits per heavy atom. The molecule has 1 N–H and O–H groups in total. The molecule has 0 bridgehead atoms. The van der Waals surface area contributed by atoms with Gasteiger partial charge in [-0.2, -0.15) is 0 Å². The third-order valence-corrected chi connectivity index (χ3v) is 3.50. The van der Waals surface area contributed by atoms with Gasteiger partial charge in [0.25, 0.3) is 0 Å². The predicted octanol–water partition coefficient (Wildman–Crippen LogP) is 4.48. The highest BCUT2D eigenvalue weighted by molar-refractivity contribution is 6.31. The predicted molar refractivity (Wildman–Crippen MR) is 74.5 cm³/mol. The molecule has 2 aromatic rings. The van der Waals surface area contributed by atoms with Crippen molar-refractivity contribution >= 4 is 11.6 Å². The summed E-state index contributed by atoms with van der Waals surface area (Å²) in [5.74, 6) is -0.160. The van der Waals surface area contributed by atoms with Crippen LogP contribution in [-0.2, 0) is 0 Å². The number of aromatic hydroxyl groups is 1. The molecule has 0 saturated carbocycles. The molecule has 0 aliphatic rings. The number of aryl methyl sites for hydroxylation is 1. The third kappa shape index (κ3) is 2.38. The number of phenolic OH excluding ortho intramolecular Hbond substituents is 1. The van der Waals surface area contributed by atoms with Crippen LogP contribution < -0.4 is 4.74 Å². The number of methoxy groups -OCH3 is 1. The highest BCUT2D eigenvalue weighted by Crippen LogP contribution is 2.40. The first-order chi connectivity index (χ1) is 8.95. The normalized spacial score (nSPS) is 10.6. The van der Waals surface area contributed by atoms with Crippen LogP contribution in [0.5, 0.6) is 11.5 Å². The van der Waals surface area contributed by atoms with E-state index in [9.17, 15) is 9.50 Å². The average Bonchev–Trinajstić information content (AvgIpc) is 2.37. The van der Waals surface area contributed by atoms with E-state index in [1.165, 1.54) is 6.07 Å². The lowest BCUT2D eigenvalue weighted by atomic mass is 9.98. The van der Waals surface area contributed by atoms with E-state index in [0.717, 1.165) is 17.2 Å². The van der Waals surface area contributed by atoms with E-state index < -0.39 is 5.82 Å². The zero-order valence-electron chi connectivity index (χ0n) is 10.9. The molecule has 0 atom stereocenters. The highest BCUT2D eigenvalue weighted by atomic mass is 35.5. The van der Waals surface area contributed by atoms with Crippen molar-refractivity contribution in [3.8, 4) is 22.6 Å². The van der Waals surface area contributed by atoms with Crippen LogP contribution in [0.3, 0.4) is 0 Å². The van der Waals surface area contributed by atoms with Crippen LogP contribution >= 0.6 is 11.6 Å². The molecule has 0 radical (unpaired) electrons. The minimum atomic E-state index is -0.647. The van der Waals surface area contributed by atoms with E-state index in [4.69, 9.17) is 16.3 Å². The molecule has 0 spiro atoms. The molecule has 19 heavy (non-hydrogen) atoms. The van der Waals surface area contributed by atoms with E-state index in [1.54, 1.807) is 7.11 Å². The fraction of sp³-hybridized carbons (Fsp3) is 0.200. The van der Waals surface area contributed by atoms with Crippen molar-refractivity contribution < 1.29 is 14.2 Å². The summed E-state index contributed by atoms with van der Waals surface area (Å²) in [6.07, 6.45) is 0. The lowest BCUT2D eigenvalue weighted by Gasteiger charge is -2.15. The SMILES string of the molecule is COc1c(-c2cc(Cl)c(F)cc2O)ccc(C)c1C. The molecule has 2 nitrogen and oxygen atoms in total. The van der Waals surface area contributed by atoms with Gasteiger partial charge in [0.15, 0.2) is 0 Å². The van der Waals surface area contributed by atoms with Crippen LogP contribution in [0, 0.1) is 19.7 Å². The Labute approximate surface area is 116 Å². The molecule has 100 valence electrons. The maximum absolute atomic E-state index is 13.3. The van der Waals surface area contributed by atoms with E-state index >= 15 is 0 Å². The standard InChI is InChI=1S/C15H14ClFO2/c1-8-4-5-10(15(19-3)9(8)2)11-6-12(16)13(17)7-14(11)18/h4-7,18H,1-3H3. The zero-order chi connectivity index (χ0) is 14.2. The first-order valence-corrected chi connectivity index (χ1v) is 6.16. The lowest BCUT2D eigenvalue weighted by Crippen LogP contribution is -1.94. The molecule has 0 aromatic heterocycles. The van der Waals surface area contributed by atoms with Gasteiger partial charge in [0.05, 0.1) is 12.1 Å². The molecule has 2 aromatic carbocycles. The highest BCUT2D eigenvalue weighted by Gasteiger charge is 2.16. The van der Waals surface area contributed by atoms with Gasteiger partial charge in [-0.15, -0.1) is 0 Å². The summed E-state index contributed by atoms with van der Waals surface area (Å²) >= 11 is 5.78. The fourth-order valence-corrected chi connectivity index (χ4v) is 2.18. The second-order valence-electron chi connectivity index (χ2n) is 4.37. The third-order valence-electron chi connectivity index (χ3n) is 3.21. The summed E-state index contributed by atoms with van der Waals surface area (Å²) in [5.41, 5.74) is 3.18. The van der Waals surface area contributed by atoms with E-state index in [2.05, 4.69) is 0 Å². The van der Waals surface area contributed by atoms with E-state index in [0.29, 0.717) is 16.9 Å². The largest absolute Gasteiger partial charge is 0.507 e. The van der Waals surface area contributed by atoms with Gasteiger partial charge in [-0.05, 0) is 31.0 Å². The van der Waals surface area contributed by atoms with Crippen molar-refractivity contribution in [2.75, 3.05) is 7.11 Å². The van der Waals surface area contributed by atoms with Gasteiger partial charge in [-0.1, -0.05) is 23.7 Å². The number of hydrogen-bond donors (Lipinski definition) is 1. The molecule has 0 aliphatic carbocycles. The van der Waals surface area contributed by atoms with Crippen molar-refractivity contribution in [3.05, 3.63) is 46.2 Å². The first-order valence-electron chi connectivity index (χ1n) is 5.78. The maximum atomic E-state index is 13.3. The maximum Gasteiger partial charge on any atom is 0.145 e. The van der Waals surface area contributed by atoms with Crippen molar-refractivity contribution in [3.63, 3.8) is 0 Å². The molecule has 0 aliphatic heterocycles. The summed E-state index contributed by atoms with van der Waals surface area (Å²) < 4.78 is 18.7. The fourth-order valence-electron chi connectivity index (χ4n) is 2.02. The summed E-state index contributed by atoms with van der Waals surface area (Å²) in [6.45, 7) is 3.90. The van der Waals surface area contributed by atoms with Gasteiger partial charge in [-0.25, -0.2) is 4.39 Å². The number of phenols is 1. The smallest absolute Gasteiger partial charge is 0.145 e. The van der Waals surface area contributed by atoms with Gasteiger partial charge >= 0.3 is 0 Å². The second kappa shape index (κ2) is 5.10. The van der Waals surface area contributed by atoms with Crippen LogP contribution in [-0.4, -0.2) is 12.2 Å². The Balaban J connectivity index is 2.72. The zero-order valence-corrected chi connectivity index (χ0v) is 11.7. The topological polar surface area (TPSA) is 29.5 Å². The lowest BCUT2D eigenvalue weighted by molar-refractivity contribution is 0.412. The minimum absolute atomic E-state index is 0.0342. The molecular formula is C15H14ClFO2. The van der Waals surface area contributed by atoms with Crippen LogP contribution in [0.1, 0.15) is 11.1 Å². The number of hydrogen-bond acceptors (Lipinski definition) is 2.